The van der Waals surface area contributed by atoms with Crippen LogP contribution in [0.4, 0.5) is 0 Å². The minimum absolute atomic E-state index is 0.0286. The summed E-state index contributed by atoms with van der Waals surface area (Å²) in [4.78, 5) is 23.9. The van der Waals surface area contributed by atoms with Crippen molar-refractivity contribution < 1.29 is 31.2 Å². The molecule has 0 aromatic rings. The smallest absolute Gasteiger partial charge is 0.145 e. The maximum atomic E-state index is 11.9. The first kappa shape index (κ1) is 28.2. The number of ether oxygens (including phenoxy) is 1. The molecule has 9 heteroatoms. The van der Waals surface area contributed by atoms with Crippen LogP contribution in [0.15, 0.2) is 0 Å². The molecule has 0 saturated carbocycles. The van der Waals surface area contributed by atoms with Crippen LogP contribution in [0, 0.1) is 11.8 Å². The molecule has 0 aliphatic carbocycles. The topological polar surface area (TPSA) is 112 Å². The molecule has 0 aromatic heterocycles. The summed E-state index contributed by atoms with van der Waals surface area (Å²) in [5.74, 6) is -0.734. The number of rotatable bonds is 18. The Hall–Kier alpha value is -0.800. The first-order valence-corrected chi connectivity index (χ1v) is 13.0. The standard InChI is InChI=1S/C20H38O7S2/c1-5-7-9-17(21)11-15(3)19(28(23)24)13-27-14-20(29(25)26)16(4)12-18(22)10-8-6-2/h15-16,19-20,28-29H,5-14H2,1-4H3. The second-order valence-corrected chi connectivity index (χ2v) is 10.4. The van der Waals surface area contributed by atoms with Crippen molar-refractivity contribution in [2.24, 2.45) is 11.8 Å². The molecule has 0 fully saturated rings. The predicted octanol–water partition coefficient (Wildman–Crippen LogP) is 2.53. The van der Waals surface area contributed by atoms with Gasteiger partial charge in [0.05, 0.1) is 23.7 Å². The van der Waals surface area contributed by atoms with Gasteiger partial charge in [-0.1, -0.05) is 40.5 Å². The lowest BCUT2D eigenvalue weighted by Crippen LogP contribution is -2.32. The van der Waals surface area contributed by atoms with E-state index >= 15 is 0 Å². The fourth-order valence-corrected chi connectivity index (χ4v) is 4.61. The Morgan fingerprint density at radius 3 is 1.34 bits per heavy atom. The van der Waals surface area contributed by atoms with Crippen molar-refractivity contribution in [1.29, 1.82) is 0 Å². The van der Waals surface area contributed by atoms with Crippen LogP contribution in [0.3, 0.4) is 0 Å². The molecule has 29 heavy (non-hydrogen) atoms. The summed E-state index contributed by atoms with van der Waals surface area (Å²) in [5, 5.41) is -1.69. The van der Waals surface area contributed by atoms with Crippen LogP contribution < -0.4 is 0 Å². The van der Waals surface area contributed by atoms with E-state index in [-0.39, 0.29) is 37.6 Å². The van der Waals surface area contributed by atoms with Crippen LogP contribution in [0.25, 0.3) is 0 Å². The molecule has 0 N–H and O–H groups in total. The third-order valence-electron chi connectivity index (χ3n) is 5.15. The predicted molar refractivity (Wildman–Crippen MR) is 116 cm³/mol. The monoisotopic (exact) mass is 454 g/mol. The van der Waals surface area contributed by atoms with Crippen molar-refractivity contribution in [2.45, 2.75) is 89.6 Å². The summed E-state index contributed by atoms with van der Waals surface area (Å²) in [6, 6.07) is 0. The molecule has 0 heterocycles. The molecule has 4 unspecified atom stereocenters. The molecule has 0 aromatic carbocycles. The average molecular weight is 455 g/mol. The number of thiol groups is 2. The molecule has 0 bridgehead atoms. The highest BCUT2D eigenvalue weighted by atomic mass is 32.2. The van der Waals surface area contributed by atoms with Gasteiger partial charge in [-0.2, -0.15) is 0 Å². The maximum Gasteiger partial charge on any atom is 0.145 e. The summed E-state index contributed by atoms with van der Waals surface area (Å²) in [5.41, 5.74) is 0. The zero-order chi connectivity index (χ0) is 22.4. The zero-order valence-corrected chi connectivity index (χ0v) is 19.9. The van der Waals surface area contributed by atoms with E-state index in [0.717, 1.165) is 25.7 Å². The fraction of sp³-hybridized carbons (Fsp3) is 0.900. The number of hydrogen-bond acceptors (Lipinski definition) is 7. The van der Waals surface area contributed by atoms with Crippen molar-refractivity contribution in [3.63, 3.8) is 0 Å². The van der Waals surface area contributed by atoms with E-state index < -0.39 is 43.7 Å². The molecular weight excluding hydrogens is 416 g/mol. The molecule has 0 rings (SSSR count). The number of Topliss-reactive ketones (excluding diaryl/α,β-unsaturated/α-hetero) is 2. The Labute approximate surface area is 178 Å². The number of ketones is 2. The third-order valence-corrected chi connectivity index (χ3v) is 7.55. The average Bonchev–Trinajstić information content (AvgIpc) is 2.63. The van der Waals surface area contributed by atoms with Gasteiger partial charge in [0, 0.05) is 25.7 Å². The Morgan fingerprint density at radius 2 is 1.07 bits per heavy atom. The molecule has 172 valence electrons. The van der Waals surface area contributed by atoms with E-state index in [2.05, 4.69) is 0 Å². The second kappa shape index (κ2) is 16.0. The van der Waals surface area contributed by atoms with Gasteiger partial charge in [-0.15, -0.1) is 0 Å². The molecule has 4 atom stereocenters. The van der Waals surface area contributed by atoms with Crippen LogP contribution in [0.2, 0.25) is 0 Å². The van der Waals surface area contributed by atoms with Gasteiger partial charge in [0.15, 0.2) is 0 Å². The Bertz CT molecular complexity index is 571. The fourth-order valence-electron chi connectivity index (χ4n) is 3.12. The van der Waals surface area contributed by atoms with Gasteiger partial charge in [0.1, 0.15) is 33.0 Å². The van der Waals surface area contributed by atoms with Crippen LogP contribution in [0.1, 0.15) is 79.1 Å². The van der Waals surface area contributed by atoms with Crippen molar-refractivity contribution in [1.82, 2.24) is 0 Å². The van der Waals surface area contributed by atoms with Gasteiger partial charge < -0.3 is 4.74 Å². The minimum Gasteiger partial charge on any atom is -0.379 e. The summed E-state index contributed by atoms with van der Waals surface area (Å²) in [6.45, 7) is 7.05. The van der Waals surface area contributed by atoms with Gasteiger partial charge in [-0.3, -0.25) is 9.59 Å². The Balaban J connectivity index is 4.74. The molecule has 0 radical (unpaired) electrons. The van der Waals surface area contributed by atoms with Crippen LogP contribution >= 0.6 is 0 Å². The molecule has 7 nitrogen and oxygen atoms in total. The number of carbonyl (C=O) groups excluding carboxylic acids is 2. The SMILES string of the molecule is CCCCC(=O)CC(C)C(COCC(C(C)CC(=O)CCCC)[SH](=O)=O)[SH](=O)=O. The van der Waals surface area contributed by atoms with Crippen LogP contribution in [-0.2, 0) is 35.7 Å². The van der Waals surface area contributed by atoms with E-state index in [1.165, 1.54) is 0 Å². The summed E-state index contributed by atoms with van der Waals surface area (Å²) in [7, 11) is -5.62. The Morgan fingerprint density at radius 1 is 0.724 bits per heavy atom. The molecule has 0 aliphatic heterocycles. The summed E-state index contributed by atoms with van der Waals surface area (Å²) in [6.07, 6.45) is 4.57. The van der Waals surface area contributed by atoms with Gasteiger partial charge in [0.2, 0.25) is 0 Å². The summed E-state index contributed by atoms with van der Waals surface area (Å²) < 4.78 is 51.9. The third kappa shape index (κ3) is 12.5. The molecular formula is C20H38O7S2. The number of unbranched alkanes of at least 4 members (excludes halogenated alkanes) is 2. The lowest BCUT2D eigenvalue weighted by molar-refractivity contribution is -0.120. The van der Waals surface area contributed by atoms with Gasteiger partial charge in [0.25, 0.3) is 0 Å². The number of carbonyl (C=O) groups is 2. The van der Waals surface area contributed by atoms with Gasteiger partial charge >= 0.3 is 0 Å². The van der Waals surface area contributed by atoms with E-state index in [1.54, 1.807) is 13.8 Å². The summed E-state index contributed by atoms with van der Waals surface area (Å²) >= 11 is 0. The van der Waals surface area contributed by atoms with Crippen molar-refractivity contribution in [2.75, 3.05) is 13.2 Å². The largest absolute Gasteiger partial charge is 0.379 e. The highest BCUT2D eigenvalue weighted by Crippen LogP contribution is 2.18. The maximum absolute atomic E-state index is 11.9. The van der Waals surface area contributed by atoms with Crippen molar-refractivity contribution in [3.05, 3.63) is 0 Å². The zero-order valence-electron chi connectivity index (χ0n) is 18.1. The van der Waals surface area contributed by atoms with Crippen molar-refractivity contribution >= 4 is 33.0 Å². The highest BCUT2D eigenvalue weighted by molar-refractivity contribution is 7.73. The van der Waals surface area contributed by atoms with Crippen LogP contribution in [0.5, 0.6) is 0 Å². The highest BCUT2D eigenvalue weighted by Gasteiger charge is 2.26. The first-order chi connectivity index (χ1) is 13.6. The molecule has 0 aliphatic rings. The van der Waals surface area contributed by atoms with E-state index in [0.29, 0.717) is 12.8 Å². The quantitative estimate of drug-likeness (QED) is 0.306. The van der Waals surface area contributed by atoms with Crippen molar-refractivity contribution in [3.8, 4) is 0 Å². The van der Waals surface area contributed by atoms with Gasteiger partial charge in [-0.25, -0.2) is 16.8 Å². The molecule has 0 saturated heterocycles. The van der Waals surface area contributed by atoms with E-state index in [9.17, 15) is 26.4 Å². The second-order valence-electron chi connectivity index (χ2n) is 7.89. The lowest BCUT2D eigenvalue weighted by atomic mass is 9.98. The van der Waals surface area contributed by atoms with E-state index in [4.69, 9.17) is 4.74 Å². The number of hydrogen-bond donors (Lipinski definition) is 2. The van der Waals surface area contributed by atoms with Gasteiger partial charge in [-0.05, 0) is 24.7 Å². The molecule has 0 spiro atoms. The van der Waals surface area contributed by atoms with E-state index in [1.807, 2.05) is 13.8 Å². The first-order valence-electron chi connectivity index (χ1n) is 10.5. The minimum atomic E-state index is -2.81. The lowest BCUT2D eigenvalue weighted by Gasteiger charge is -2.21. The Kier molecular flexibility index (Phi) is 15.5. The van der Waals surface area contributed by atoms with Crippen LogP contribution in [-0.4, -0.2) is 52.1 Å². The molecule has 0 amide bonds. The normalized spacial score (nSPS) is 15.9.